The van der Waals surface area contributed by atoms with Crippen LogP contribution in [0.15, 0.2) is 54.9 Å². The summed E-state index contributed by atoms with van der Waals surface area (Å²) in [5.41, 5.74) is 3.68. The monoisotopic (exact) mass is 456 g/mol. The minimum atomic E-state index is -0.838. The normalized spacial score (nSPS) is 14.5. The van der Waals surface area contributed by atoms with Gasteiger partial charge in [-0.15, -0.1) is 0 Å². The van der Waals surface area contributed by atoms with Crippen molar-refractivity contribution in [3.05, 3.63) is 66.1 Å². The lowest BCUT2D eigenvalue weighted by Gasteiger charge is -2.32. The van der Waals surface area contributed by atoms with Crippen LogP contribution in [0, 0.1) is 0 Å². The van der Waals surface area contributed by atoms with E-state index in [1.807, 2.05) is 55.4 Å². The molecule has 1 unspecified atom stereocenters. The number of hydrogen-bond donors (Lipinski definition) is 2. The molecule has 0 radical (unpaired) electrons. The van der Waals surface area contributed by atoms with Crippen molar-refractivity contribution >= 4 is 22.3 Å². The molecule has 2 atom stereocenters. The number of hydrogen-bond acceptors (Lipinski definition) is 8. The summed E-state index contributed by atoms with van der Waals surface area (Å²) < 4.78 is 5.10. The van der Waals surface area contributed by atoms with E-state index in [9.17, 15) is 5.11 Å². The standard InChI is InChI=1S/C26H28N6O2/c1-16(26(33)29-19-11-12-23(34-3)28-15-19)32(2)25-20-9-6-10-21(20)30-24(31-25)22-13-17-7-4-5-8-18(17)14-27-22/h4-5,7-8,11-16,26,29,33H,6,9-10H2,1-3H3/t16-,26?/m1/s1. The molecule has 174 valence electrons. The Kier molecular flexibility index (Phi) is 5.98. The lowest BCUT2D eigenvalue weighted by molar-refractivity contribution is 0.176. The van der Waals surface area contributed by atoms with Crippen molar-refractivity contribution in [2.75, 3.05) is 24.4 Å². The molecule has 3 heterocycles. The van der Waals surface area contributed by atoms with Gasteiger partial charge in [-0.2, -0.15) is 0 Å². The highest BCUT2D eigenvalue weighted by molar-refractivity contribution is 5.84. The van der Waals surface area contributed by atoms with Gasteiger partial charge < -0.3 is 20.1 Å². The predicted molar refractivity (Wildman–Crippen MR) is 133 cm³/mol. The summed E-state index contributed by atoms with van der Waals surface area (Å²) in [6, 6.07) is 13.5. The number of nitrogens with one attached hydrogen (secondary N) is 1. The number of aryl methyl sites for hydroxylation is 1. The van der Waals surface area contributed by atoms with Crippen LogP contribution in [0.3, 0.4) is 0 Å². The van der Waals surface area contributed by atoms with Gasteiger partial charge in [0.05, 0.1) is 25.0 Å². The molecule has 0 saturated carbocycles. The Bertz CT molecular complexity index is 1310. The third-order valence-electron chi connectivity index (χ3n) is 6.43. The molecule has 34 heavy (non-hydrogen) atoms. The number of aliphatic hydroxyl groups excluding tert-OH is 1. The number of ether oxygens (including phenoxy) is 1. The highest BCUT2D eigenvalue weighted by Crippen LogP contribution is 2.32. The van der Waals surface area contributed by atoms with Gasteiger partial charge in [-0.05, 0) is 43.7 Å². The van der Waals surface area contributed by atoms with E-state index in [2.05, 4.69) is 21.4 Å². The molecule has 0 bridgehead atoms. The molecule has 4 aromatic rings. The number of aliphatic hydroxyl groups is 1. The minimum absolute atomic E-state index is 0.265. The Hall–Kier alpha value is -3.78. The third-order valence-corrected chi connectivity index (χ3v) is 6.43. The quantitative estimate of drug-likeness (QED) is 0.405. The maximum absolute atomic E-state index is 10.9. The highest BCUT2D eigenvalue weighted by atomic mass is 16.5. The van der Waals surface area contributed by atoms with Gasteiger partial charge in [-0.1, -0.05) is 24.3 Å². The fourth-order valence-electron chi connectivity index (χ4n) is 4.31. The van der Waals surface area contributed by atoms with E-state index in [-0.39, 0.29) is 6.04 Å². The Morgan fingerprint density at radius 1 is 1.03 bits per heavy atom. The van der Waals surface area contributed by atoms with Crippen LogP contribution in [0.1, 0.15) is 24.6 Å². The molecular weight excluding hydrogens is 428 g/mol. The van der Waals surface area contributed by atoms with Crippen LogP contribution in [-0.4, -0.2) is 51.5 Å². The lowest BCUT2D eigenvalue weighted by atomic mass is 10.1. The van der Waals surface area contributed by atoms with Gasteiger partial charge >= 0.3 is 0 Å². The number of anilines is 2. The lowest BCUT2D eigenvalue weighted by Crippen LogP contribution is -2.44. The van der Waals surface area contributed by atoms with E-state index in [4.69, 9.17) is 14.7 Å². The number of fused-ring (bicyclic) bond motifs is 2. The zero-order valence-electron chi connectivity index (χ0n) is 19.6. The number of likely N-dealkylation sites (N-methyl/N-ethyl adjacent to an activating group) is 1. The Morgan fingerprint density at radius 2 is 1.85 bits per heavy atom. The Balaban J connectivity index is 1.44. The first-order valence-corrected chi connectivity index (χ1v) is 11.5. The summed E-state index contributed by atoms with van der Waals surface area (Å²) in [4.78, 5) is 20.6. The molecule has 8 nitrogen and oxygen atoms in total. The average molecular weight is 457 g/mol. The topological polar surface area (TPSA) is 96.3 Å². The molecular formula is C26H28N6O2. The zero-order chi connectivity index (χ0) is 23.7. The SMILES string of the molecule is COc1ccc(NC(O)[C@@H](C)N(C)c2nc(-c3cc4ccccc4cn3)nc3c2CCC3)cn1. The summed E-state index contributed by atoms with van der Waals surface area (Å²) in [5.74, 6) is 1.98. The summed E-state index contributed by atoms with van der Waals surface area (Å²) in [7, 11) is 3.53. The fraction of sp³-hybridized carbons (Fsp3) is 0.308. The van der Waals surface area contributed by atoms with E-state index in [1.165, 1.54) is 0 Å². The van der Waals surface area contributed by atoms with Crippen molar-refractivity contribution in [3.63, 3.8) is 0 Å². The Labute approximate surface area is 198 Å². The minimum Gasteiger partial charge on any atom is -0.481 e. The van der Waals surface area contributed by atoms with E-state index in [0.717, 1.165) is 52.8 Å². The predicted octanol–water partition coefficient (Wildman–Crippen LogP) is 3.84. The van der Waals surface area contributed by atoms with Crippen LogP contribution >= 0.6 is 0 Å². The molecule has 1 aromatic carbocycles. The van der Waals surface area contributed by atoms with Crippen molar-refractivity contribution in [2.45, 2.75) is 38.5 Å². The fourth-order valence-corrected chi connectivity index (χ4v) is 4.31. The number of aromatic nitrogens is 4. The smallest absolute Gasteiger partial charge is 0.213 e. The van der Waals surface area contributed by atoms with Crippen LogP contribution in [0.2, 0.25) is 0 Å². The molecule has 0 amide bonds. The van der Waals surface area contributed by atoms with Crippen molar-refractivity contribution in [1.29, 1.82) is 0 Å². The summed E-state index contributed by atoms with van der Waals surface area (Å²) in [5, 5.41) is 16.2. The molecule has 0 aliphatic heterocycles. The van der Waals surface area contributed by atoms with Gasteiger partial charge in [0.25, 0.3) is 0 Å². The number of nitrogens with zero attached hydrogens (tertiary/aromatic N) is 5. The van der Waals surface area contributed by atoms with E-state index in [0.29, 0.717) is 17.4 Å². The van der Waals surface area contributed by atoms with Crippen LogP contribution in [-0.2, 0) is 12.8 Å². The number of benzene rings is 1. The second kappa shape index (κ2) is 9.23. The van der Waals surface area contributed by atoms with Crippen LogP contribution in [0.5, 0.6) is 5.88 Å². The van der Waals surface area contributed by atoms with Crippen LogP contribution in [0.25, 0.3) is 22.3 Å². The van der Waals surface area contributed by atoms with Gasteiger partial charge in [0.2, 0.25) is 5.88 Å². The van der Waals surface area contributed by atoms with Crippen molar-refractivity contribution in [3.8, 4) is 17.4 Å². The van der Waals surface area contributed by atoms with E-state index >= 15 is 0 Å². The van der Waals surface area contributed by atoms with E-state index in [1.54, 1.807) is 19.4 Å². The first-order chi connectivity index (χ1) is 16.5. The molecule has 0 saturated heterocycles. The molecule has 8 heteroatoms. The highest BCUT2D eigenvalue weighted by Gasteiger charge is 2.27. The number of rotatable bonds is 7. The summed E-state index contributed by atoms with van der Waals surface area (Å²) >= 11 is 0. The van der Waals surface area contributed by atoms with Crippen LogP contribution in [0.4, 0.5) is 11.5 Å². The van der Waals surface area contributed by atoms with Crippen molar-refractivity contribution in [2.24, 2.45) is 0 Å². The molecule has 1 aliphatic carbocycles. The van der Waals surface area contributed by atoms with E-state index < -0.39 is 6.23 Å². The summed E-state index contributed by atoms with van der Waals surface area (Å²) in [6.07, 6.45) is 5.57. The first kappa shape index (κ1) is 22.0. The van der Waals surface area contributed by atoms with Crippen molar-refractivity contribution in [1.82, 2.24) is 19.9 Å². The third kappa shape index (κ3) is 4.24. The molecule has 5 rings (SSSR count). The number of methoxy groups -OCH3 is 1. The molecule has 0 spiro atoms. The maximum Gasteiger partial charge on any atom is 0.213 e. The van der Waals surface area contributed by atoms with Crippen LogP contribution < -0.4 is 15.0 Å². The van der Waals surface area contributed by atoms with Gasteiger partial charge in [0, 0.05) is 36.0 Å². The second-order valence-corrected chi connectivity index (χ2v) is 8.60. The average Bonchev–Trinajstić information content (AvgIpc) is 3.36. The Morgan fingerprint density at radius 3 is 2.62 bits per heavy atom. The maximum atomic E-state index is 10.9. The first-order valence-electron chi connectivity index (χ1n) is 11.5. The van der Waals surface area contributed by atoms with Gasteiger partial charge in [0.15, 0.2) is 5.82 Å². The largest absolute Gasteiger partial charge is 0.481 e. The number of pyridine rings is 2. The zero-order valence-corrected chi connectivity index (χ0v) is 19.6. The van der Waals surface area contributed by atoms with Gasteiger partial charge in [0.1, 0.15) is 17.7 Å². The van der Waals surface area contributed by atoms with Gasteiger partial charge in [-0.3, -0.25) is 4.98 Å². The van der Waals surface area contributed by atoms with Crippen molar-refractivity contribution < 1.29 is 9.84 Å². The summed E-state index contributed by atoms with van der Waals surface area (Å²) in [6.45, 7) is 1.96. The second-order valence-electron chi connectivity index (χ2n) is 8.60. The van der Waals surface area contributed by atoms with Gasteiger partial charge in [-0.25, -0.2) is 15.0 Å². The molecule has 1 aliphatic rings. The molecule has 2 N–H and O–H groups in total. The molecule has 3 aromatic heterocycles. The molecule has 0 fully saturated rings.